The monoisotopic (exact) mass is 321 g/mol. The summed E-state index contributed by atoms with van der Waals surface area (Å²) in [6.45, 7) is 0. The molecule has 1 atom stereocenters. The van der Waals surface area contributed by atoms with Gasteiger partial charge in [0.2, 0.25) is 5.91 Å². The van der Waals surface area contributed by atoms with Crippen LogP contribution < -0.4 is 5.32 Å². The lowest BCUT2D eigenvalue weighted by Gasteiger charge is -2.26. The highest BCUT2D eigenvalue weighted by Crippen LogP contribution is 2.36. The standard InChI is InChI=1S/C16H16FNOS2/c17-12-2-3-15-13(9-12)14(6-8-21-15)18-16(19)4-1-11-5-7-20-10-11/h2-3,5,7,9-10,14H,1,4,6,8H2,(H,18,19). The number of hydrogen-bond donors (Lipinski definition) is 1. The third kappa shape index (κ3) is 3.66. The van der Waals surface area contributed by atoms with E-state index in [-0.39, 0.29) is 17.8 Å². The Labute approximate surface area is 131 Å². The highest BCUT2D eigenvalue weighted by molar-refractivity contribution is 7.99. The van der Waals surface area contributed by atoms with Crippen LogP contribution in [0.25, 0.3) is 0 Å². The Morgan fingerprint density at radius 2 is 2.29 bits per heavy atom. The third-order valence-corrected chi connectivity index (χ3v) is 5.42. The smallest absolute Gasteiger partial charge is 0.220 e. The van der Waals surface area contributed by atoms with E-state index in [2.05, 4.69) is 10.7 Å². The Balaban J connectivity index is 1.63. The molecule has 0 saturated heterocycles. The van der Waals surface area contributed by atoms with Crippen LogP contribution in [-0.2, 0) is 11.2 Å². The van der Waals surface area contributed by atoms with Crippen LogP contribution in [0.3, 0.4) is 0 Å². The predicted octanol–water partition coefficient (Wildman–Crippen LogP) is 4.17. The number of carbonyl (C=O) groups is 1. The van der Waals surface area contributed by atoms with E-state index in [0.717, 1.165) is 29.1 Å². The molecule has 2 nitrogen and oxygen atoms in total. The van der Waals surface area contributed by atoms with Crippen LogP contribution in [-0.4, -0.2) is 11.7 Å². The first-order chi connectivity index (χ1) is 10.2. The predicted molar refractivity (Wildman–Crippen MR) is 85.3 cm³/mol. The Morgan fingerprint density at radius 1 is 1.38 bits per heavy atom. The molecular formula is C16H16FNOS2. The summed E-state index contributed by atoms with van der Waals surface area (Å²) in [5.74, 6) is 0.746. The second kappa shape index (κ2) is 6.62. The van der Waals surface area contributed by atoms with Gasteiger partial charge < -0.3 is 5.32 Å². The van der Waals surface area contributed by atoms with Gasteiger partial charge >= 0.3 is 0 Å². The lowest BCUT2D eigenvalue weighted by atomic mass is 10.0. The molecule has 1 aromatic carbocycles. The number of halogens is 1. The lowest BCUT2D eigenvalue weighted by molar-refractivity contribution is -0.121. The second-order valence-electron chi connectivity index (χ2n) is 5.07. The molecule has 2 heterocycles. The first kappa shape index (κ1) is 14.6. The van der Waals surface area contributed by atoms with E-state index in [4.69, 9.17) is 0 Å². The zero-order valence-corrected chi connectivity index (χ0v) is 13.1. The summed E-state index contributed by atoms with van der Waals surface area (Å²) in [7, 11) is 0. The lowest BCUT2D eigenvalue weighted by Crippen LogP contribution is -2.30. The molecule has 1 N–H and O–H groups in total. The minimum Gasteiger partial charge on any atom is -0.349 e. The van der Waals surface area contributed by atoms with E-state index in [1.807, 2.05) is 11.4 Å². The van der Waals surface area contributed by atoms with Crippen molar-refractivity contribution < 1.29 is 9.18 Å². The van der Waals surface area contributed by atoms with E-state index in [1.54, 1.807) is 35.2 Å². The summed E-state index contributed by atoms with van der Waals surface area (Å²) >= 11 is 3.37. The number of benzene rings is 1. The molecule has 0 radical (unpaired) electrons. The molecule has 0 spiro atoms. The fraction of sp³-hybridized carbons (Fsp3) is 0.312. The second-order valence-corrected chi connectivity index (χ2v) is 6.99. The van der Waals surface area contributed by atoms with E-state index in [9.17, 15) is 9.18 Å². The topological polar surface area (TPSA) is 29.1 Å². The number of hydrogen-bond acceptors (Lipinski definition) is 3. The minimum atomic E-state index is -0.242. The van der Waals surface area contributed by atoms with E-state index < -0.39 is 0 Å². The quantitative estimate of drug-likeness (QED) is 0.915. The summed E-state index contributed by atoms with van der Waals surface area (Å²) in [5.41, 5.74) is 2.11. The maximum atomic E-state index is 13.4. The Kier molecular flexibility index (Phi) is 4.60. The Morgan fingerprint density at radius 3 is 3.10 bits per heavy atom. The molecule has 0 fully saturated rings. The third-order valence-electron chi connectivity index (χ3n) is 3.57. The maximum absolute atomic E-state index is 13.4. The van der Waals surface area contributed by atoms with Crippen molar-refractivity contribution in [2.75, 3.05) is 5.75 Å². The molecule has 110 valence electrons. The molecule has 5 heteroatoms. The van der Waals surface area contributed by atoms with Crippen LogP contribution >= 0.6 is 23.1 Å². The maximum Gasteiger partial charge on any atom is 0.220 e. The van der Waals surface area contributed by atoms with Crippen molar-refractivity contribution in [3.05, 3.63) is 52.0 Å². The number of rotatable bonds is 4. The van der Waals surface area contributed by atoms with Gasteiger partial charge in [-0.05, 0) is 59.0 Å². The van der Waals surface area contributed by atoms with Crippen molar-refractivity contribution in [2.24, 2.45) is 0 Å². The van der Waals surface area contributed by atoms with Gasteiger partial charge in [-0.1, -0.05) is 0 Å². The van der Waals surface area contributed by atoms with Gasteiger partial charge in [0, 0.05) is 17.1 Å². The molecule has 1 unspecified atom stereocenters. The minimum absolute atomic E-state index is 0.0355. The van der Waals surface area contributed by atoms with Crippen molar-refractivity contribution >= 4 is 29.0 Å². The van der Waals surface area contributed by atoms with Gasteiger partial charge in [-0.2, -0.15) is 11.3 Å². The van der Waals surface area contributed by atoms with Crippen molar-refractivity contribution in [3.8, 4) is 0 Å². The zero-order valence-electron chi connectivity index (χ0n) is 11.5. The molecule has 1 amide bonds. The normalized spacial score (nSPS) is 17.3. The Bertz CT molecular complexity index is 627. The molecule has 3 rings (SSSR count). The average Bonchev–Trinajstić information content (AvgIpc) is 2.99. The molecule has 0 bridgehead atoms. The van der Waals surface area contributed by atoms with Crippen molar-refractivity contribution in [1.29, 1.82) is 0 Å². The summed E-state index contributed by atoms with van der Waals surface area (Å²) in [4.78, 5) is 13.2. The fourth-order valence-electron chi connectivity index (χ4n) is 2.47. The van der Waals surface area contributed by atoms with Gasteiger partial charge in [0.05, 0.1) is 6.04 Å². The molecule has 1 aliphatic heterocycles. The fourth-order valence-corrected chi connectivity index (χ4v) is 4.28. The molecule has 21 heavy (non-hydrogen) atoms. The number of thioether (sulfide) groups is 1. The van der Waals surface area contributed by atoms with Gasteiger partial charge in [-0.25, -0.2) is 4.39 Å². The number of amides is 1. The summed E-state index contributed by atoms with van der Waals surface area (Å²) < 4.78 is 13.4. The molecule has 1 aliphatic rings. The first-order valence-corrected chi connectivity index (χ1v) is 8.88. The van der Waals surface area contributed by atoms with Gasteiger partial charge in [0.15, 0.2) is 0 Å². The number of fused-ring (bicyclic) bond motifs is 1. The number of carbonyl (C=O) groups excluding carboxylic acids is 1. The molecule has 0 aliphatic carbocycles. The Hall–Kier alpha value is -1.33. The van der Waals surface area contributed by atoms with E-state index in [0.29, 0.717) is 6.42 Å². The van der Waals surface area contributed by atoms with Gasteiger partial charge in [-0.15, -0.1) is 11.8 Å². The molecular weight excluding hydrogens is 305 g/mol. The highest BCUT2D eigenvalue weighted by atomic mass is 32.2. The van der Waals surface area contributed by atoms with E-state index in [1.165, 1.54) is 11.6 Å². The van der Waals surface area contributed by atoms with Crippen molar-refractivity contribution in [2.45, 2.75) is 30.2 Å². The van der Waals surface area contributed by atoms with E-state index >= 15 is 0 Å². The van der Waals surface area contributed by atoms with Crippen LogP contribution in [0.4, 0.5) is 4.39 Å². The van der Waals surface area contributed by atoms with Crippen LogP contribution in [0.1, 0.15) is 30.0 Å². The number of nitrogens with one attached hydrogen (secondary N) is 1. The molecule has 0 saturated carbocycles. The average molecular weight is 321 g/mol. The summed E-state index contributed by atoms with van der Waals surface area (Å²) in [6, 6.07) is 6.81. The molecule has 2 aromatic rings. The largest absolute Gasteiger partial charge is 0.349 e. The van der Waals surface area contributed by atoms with Gasteiger partial charge in [0.1, 0.15) is 5.82 Å². The number of aryl methyl sites for hydroxylation is 1. The SMILES string of the molecule is O=C(CCc1ccsc1)NC1CCSc2ccc(F)cc21. The summed E-state index contributed by atoms with van der Waals surface area (Å²) in [5, 5.41) is 7.13. The molecule has 1 aromatic heterocycles. The van der Waals surface area contributed by atoms with Crippen LogP contribution in [0, 0.1) is 5.82 Å². The van der Waals surface area contributed by atoms with Crippen molar-refractivity contribution in [3.63, 3.8) is 0 Å². The van der Waals surface area contributed by atoms with Gasteiger partial charge in [0.25, 0.3) is 0 Å². The summed E-state index contributed by atoms with van der Waals surface area (Å²) in [6.07, 6.45) is 2.09. The van der Waals surface area contributed by atoms with Crippen LogP contribution in [0.15, 0.2) is 39.9 Å². The number of thiophene rings is 1. The van der Waals surface area contributed by atoms with Crippen LogP contribution in [0.2, 0.25) is 0 Å². The first-order valence-electron chi connectivity index (χ1n) is 6.95. The highest BCUT2D eigenvalue weighted by Gasteiger charge is 2.22. The van der Waals surface area contributed by atoms with Crippen molar-refractivity contribution in [1.82, 2.24) is 5.32 Å². The van der Waals surface area contributed by atoms with Gasteiger partial charge in [-0.3, -0.25) is 4.79 Å². The zero-order chi connectivity index (χ0) is 14.7. The van der Waals surface area contributed by atoms with Crippen LogP contribution in [0.5, 0.6) is 0 Å².